The number of halogens is 1. The highest BCUT2D eigenvalue weighted by Crippen LogP contribution is 2.26. The van der Waals surface area contributed by atoms with Crippen LogP contribution >= 0.6 is 23.4 Å². The van der Waals surface area contributed by atoms with E-state index in [1.165, 1.54) is 4.90 Å². The minimum atomic E-state index is -0.228. The summed E-state index contributed by atoms with van der Waals surface area (Å²) in [6.07, 6.45) is 0. The van der Waals surface area contributed by atoms with E-state index in [2.05, 4.69) is 4.98 Å². The Hall–Kier alpha value is -1.59. The second-order valence-corrected chi connectivity index (χ2v) is 5.45. The summed E-state index contributed by atoms with van der Waals surface area (Å²) in [5.74, 6) is 0.0245. The molecule has 0 atom stereocenters. The average molecular weight is 293 g/mol. The van der Waals surface area contributed by atoms with Crippen LogP contribution in [0.15, 0.2) is 30.3 Å². The Morgan fingerprint density at radius 1 is 1.32 bits per heavy atom. The molecule has 0 N–H and O–H groups in total. The zero-order valence-electron chi connectivity index (χ0n) is 9.80. The van der Waals surface area contributed by atoms with E-state index < -0.39 is 0 Å². The predicted molar refractivity (Wildman–Crippen MR) is 75.2 cm³/mol. The van der Waals surface area contributed by atoms with E-state index in [1.807, 2.05) is 30.3 Å². The third kappa shape index (κ3) is 2.31. The van der Waals surface area contributed by atoms with E-state index >= 15 is 0 Å². The quantitative estimate of drug-likeness (QED) is 0.798. The maximum absolute atomic E-state index is 11.6. The summed E-state index contributed by atoms with van der Waals surface area (Å²) in [6.45, 7) is 0.182. The molecule has 0 saturated carbocycles. The molecule has 19 heavy (non-hydrogen) atoms. The largest absolute Gasteiger partial charge is 0.289 e. The summed E-state index contributed by atoms with van der Waals surface area (Å²) >= 11 is 7.13. The van der Waals surface area contributed by atoms with Gasteiger partial charge in [0.1, 0.15) is 5.15 Å². The maximum atomic E-state index is 11.6. The van der Waals surface area contributed by atoms with Crippen molar-refractivity contribution in [2.24, 2.45) is 0 Å². The number of benzene rings is 1. The van der Waals surface area contributed by atoms with E-state index in [0.29, 0.717) is 10.7 Å². The molecule has 4 nitrogen and oxygen atoms in total. The molecule has 0 spiro atoms. The monoisotopic (exact) mass is 292 g/mol. The van der Waals surface area contributed by atoms with Gasteiger partial charge in [0.15, 0.2) is 0 Å². The molecular formula is C13H9ClN2O2S. The van der Waals surface area contributed by atoms with Crippen molar-refractivity contribution in [2.45, 2.75) is 6.54 Å². The molecule has 0 bridgehead atoms. The number of aromatic nitrogens is 1. The van der Waals surface area contributed by atoms with Crippen LogP contribution in [-0.2, 0) is 11.3 Å². The summed E-state index contributed by atoms with van der Waals surface area (Å²) in [7, 11) is 0. The van der Waals surface area contributed by atoms with Crippen molar-refractivity contribution in [2.75, 3.05) is 5.75 Å². The summed E-state index contributed by atoms with van der Waals surface area (Å²) in [6, 6.07) is 9.45. The first-order chi connectivity index (χ1) is 9.15. The topological polar surface area (TPSA) is 50.3 Å². The standard InChI is InChI=1S/C13H9ClN2O2S/c14-12-9(6-16-11(17)7-19-13(16)18)5-8-3-1-2-4-10(8)15-12/h1-5H,6-7H2. The number of thioether (sulfide) groups is 1. The molecule has 2 amide bonds. The fraction of sp³-hybridized carbons (Fsp3) is 0.154. The fourth-order valence-electron chi connectivity index (χ4n) is 1.95. The lowest BCUT2D eigenvalue weighted by molar-refractivity contribution is -0.125. The molecule has 1 aliphatic heterocycles. The van der Waals surface area contributed by atoms with Gasteiger partial charge in [0.25, 0.3) is 5.24 Å². The van der Waals surface area contributed by atoms with Gasteiger partial charge in [0, 0.05) is 10.9 Å². The van der Waals surface area contributed by atoms with Gasteiger partial charge in [-0.1, -0.05) is 41.6 Å². The maximum Gasteiger partial charge on any atom is 0.289 e. The average Bonchev–Trinajstić information content (AvgIpc) is 2.71. The van der Waals surface area contributed by atoms with Crippen molar-refractivity contribution in [3.8, 4) is 0 Å². The van der Waals surface area contributed by atoms with Crippen LogP contribution in [0.5, 0.6) is 0 Å². The van der Waals surface area contributed by atoms with Crippen LogP contribution in [0.25, 0.3) is 10.9 Å². The smallest absolute Gasteiger partial charge is 0.273 e. The van der Waals surface area contributed by atoms with Crippen LogP contribution in [0.2, 0.25) is 5.15 Å². The van der Waals surface area contributed by atoms with Gasteiger partial charge >= 0.3 is 0 Å². The van der Waals surface area contributed by atoms with Gasteiger partial charge in [-0.15, -0.1) is 0 Å². The van der Waals surface area contributed by atoms with Crippen molar-refractivity contribution in [3.63, 3.8) is 0 Å². The van der Waals surface area contributed by atoms with Crippen LogP contribution in [0.3, 0.4) is 0 Å². The number of para-hydroxylation sites is 1. The highest BCUT2D eigenvalue weighted by molar-refractivity contribution is 8.14. The molecule has 1 aromatic heterocycles. The highest BCUT2D eigenvalue weighted by Gasteiger charge is 2.30. The van der Waals surface area contributed by atoms with Gasteiger partial charge in [0.05, 0.1) is 17.8 Å². The highest BCUT2D eigenvalue weighted by atomic mass is 35.5. The summed E-state index contributed by atoms with van der Waals surface area (Å²) in [5.41, 5.74) is 1.48. The van der Waals surface area contributed by atoms with Gasteiger partial charge in [-0.3, -0.25) is 14.5 Å². The lowest BCUT2D eigenvalue weighted by Gasteiger charge is -2.14. The molecule has 0 unspecified atom stereocenters. The third-order valence-electron chi connectivity index (χ3n) is 2.92. The predicted octanol–water partition coefficient (Wildman–Crippen LogP) is 3.08. The Kier molecular flexibility index (Phi) is 3.16. The van der Waals surface area contributed by atoms with Gasteiger partial charge < -0.3 is 0 Å². The van der Waals surface area contributed by atoms with Crippen LogP contribution in [0, 0.1) is 0 Å². The Labute approximate surface area is 118 Å². The van der Waals surface area contributed by atoms with Crippen molar-refractivity contribution in [1.82, 2.24) is 9.88 Å². The number of carbonyl (C=O) groups excluding carboxylic acids is 2. The molecule has 3 rings (SSSR count). The Balaban J connectivity index is 1.98. The molecule has 0 aliphatic carbocycles. The second kappa shape index (κ2) is 4.83. The molecule has 1 aliphatic rings. The molecule has 0 radical (unpaired) electrons. The second-order valence-electron chi connectivity index (χ2n) is 4.17. The lowest BCUT2D eigenvalue weighted by atomic mass is 10.1. The Morgan fingerprint density at radius 3 is 2.84 bits per heavy atom. The van der Waals surface area contributed by atoms with Gasteiger partial charge in [-0.05, 0) is 12.1 Å². The number of amides is 2. The van der Waals surface area contributed by atoms with Gasteiger partial charge in [-0.25, -0.2) is 4.98 Å². The molecule has 2 heterocycles. The number of rotatable bonds is 2. The normalized spacial score (nSPS) is 15.5. The van der Waals surface area contributed by atoms with Crippen LogP contribution in [0.4, 0.5) is 4.79 Å². The summed E-state index contributed by atoms with van der Waals surface area (Å²) in [4.78, 5) is 28.6. The SMILES string of the molecule is O=C1CSC(=O)N1Cc1cc2ccccc2nc1Cl. The van der Waals surface area contributed by atoms with Crippen LogP contribution in [-0.4, -0.2) is 26.8 Å². The van der Waals surface area contributed by atoms with E-state index in [1.54, 1.807) is 0 Å². The minimum absolute atomic E-state index is 0.181. The Bertz CT molecular complexity index is 673. The van der Waals surface area contributed by atoms with Crippen molar-refractivity contribution in [3.05, 3.63) is 41.0 Å². The van der Waals surface area contributed by atoms with E-state index in [-0.39, 0.29) is 23.4 Å². The number of imide groups is 1. The zero-order chi connectivity index (χ0) is 13.4. The van der Waals surface area contributed by atoms with Gasteiger partial charge in [0.2, 0.25) is 5.91 Å². The lowest BCUT2D eigenvalue weighted by Crippen LogP contribution is -2.28. The molecular weight excluding hydrogens is 284 g/mol. The number of carbonyl (C=O) groups is 2. The minimum Gasteiger partial charge on any atom is -0.273 e. The number of pyridine rings is 1. The van der Waals surface area contributed by atoms with Gasteiger partial charge in [-0.2, -0.15) is 0 Å². The van der Waals surface area contributed by atoms with Crippen molar-refractivity contribution < 1.29 is 9.59 Å². The zero-order valence-corrected chi connectivity index (χ0v) is 11.4. The van der Waals surface area contributed by atoms with E-state index in [4.69, 9.17) is 11.6 Å². The Morgan fingerprint density at radius 2 is 2.11 bits per heavy atom. The third-order valence-corrected chi connectivity index (χ3v) is 4.10. The fourth-order valence-corrected chi connectivity index (χ4v) is 2.88. The van der Waals surface area contributed by atoms with E-state index in [9.17, 15) is 9.59 Å². The molecule has 2 aromatic rings. The first-order valence-electron chi connectivity index (χ1n) is 5.66. The van der Waals surface area contributed by atoms with Crippen LogP contribution < -0.4 is 0 Å². The summed E-state index contributed by atoms with van der Waals surface area (Å²) in [5, 5.41) is 1.04. The molecule has 1 aromatic carbocycles. The molecule has 1 fully saturated rings. The molecule has 6 heteroatoms. The number of hydrogen-bond acceptors (Lipinski definition) is 4. The molecule has 1 saturated heterocycles. The number of nitrogens with zero attached hydrogens (tertiary/aromatic N) is 2. The first-order valence-corrected chi connectivity index (χ1v) is 7.03. The number of fused-ring (bicyclic) bond motifs is 1. The first kappa shape index (κ1) is 12.4. The van der Waals surface area contributed by atoms with Crippen molar-refractivity contribution >= 4 is 45.4 Å². The number of hydrogen-bond donors (Lipinski definition) is 0. The van der Waals surface area contributed by atoms with Crippen molar-refractivity contribution in [1.29, 1.82) is 0 Å². The summed E-state index contributed by atoms with van der Waals surface area (Å²) < 4.78 is 0. The molecule has 96 valence electrons. The van der Waals surface area contributed by atoms with E-state index in [0.717, 1.165) is 22.7 Å². The van der Waals surface area contributed by atoms with Crippen LogP contribution in [0.1, 0.15) is 5.56 Å².